The van der Waals surface area contributed by atoms with Crippen molar-refractivity contribution in [3.05, 3.63) is 223 Å². The predicted octanol–water partition coefficient (Wildman–Crippen LogP) is 12.9. The predicted molar refractivity (Wildman–Crippen MR) is 259 cm³/mol. The number of aromatic nitrogens is 2. The van der Waals surface area contributed by atoms with E-state index in [-0.39, 0.29) is 36.9 Å². The molecule has 0 fully saturated rings. The van der Waals surface area contributed by atoms with Crippen molar-refractivity contribution in [2.45, 2.75) is 0 Å². The van der Waals surface area contributed by atoms with Crippen molar-refractivity contribution in [3.63, 3.8) is 0 Å². The van der Waals surface area contributed by atoms with Crippen LogP contribution in [0.15, 0.2) is 182 Å². The van der Waals surface area contributed by atoms with Crippen molar-refractivity contribution in [1.29, 1.82) is 0 Å². The number of pyridine rings is 1. The number of benzene rings is 7. The summed E-state index contributed by atoms with van der Waals surface area (Å²) >= 11 is 0. The first-order valence-electron chi connectivity index (χ1n) is 20.2. The molecular formula is C54H43N4P2Pt-3. The van der Waals surface area contributed by atoms with Gasteiger partial charge in [0.25, 0.3) is 0 Å². The second kappa shape index (κ2) is 17.4. The van der Waals surface area contributed by atoms with E-state index in [4.69, 9.17) is 4.98 Å². The van der Waals surface area contributed by atoms with Crippen molar-refractivity contribution < 1.29 is 21.1 Å². The van der Waals surface area contributed by atoms with Gasteiger partial charge in [0, 0.05) is 49.8 Å². The van der Waals surface area contributed by atoms with Crippen LogP contribution in [0.4, 0.5) is 22.7 Å². The number of fused-ring (bicyclic) bond motifs is 4. The van der Waals surface area contributed by atoms with Crippen LogP contribution in [0, 0.1) is 18.8 Å². The summed E-state index contributed by atoms with van der Waals surface area (Å²) in [5.41, 5.74) is 13.0. The first-order chi connectivity index (χ1) is 29.4. The zero-order valence-corrected chi connectivity index (χ0v) is 38.5. The molecule has 0 radical (unpaired) electrons. The number of hydrogen-bond acceptors (Lipinski definition) is 3. The molecule has 0 bridgehead atoms. The van der Waals surface area contributed by atoms with Crippen LogP contribution in [-0.4, -0.2) is 36.2 Å². The molecule has 4 nitrogen and oxygen atoms in total. The molecule has 9 aromatic rings. The molecule has 302 valence electrons. The first kappa shape index (κ1) is 40.8. The number of nitrogens with zero attached hydrogens (tertiary/aromatic N) is 4. The zero-order chi connectivity index (χ0) is 40.7. The van der Waals surface area contributed by atoms with Crippen molar-refractivity contribution >= 4 is 82.2 Å². The normalized spacial score (nSPS) is 12.3. The molecule has 1 aliphatic rings. The number of hydrogen-bond donors (Lipinski definition) is 0. The minimum atomic E-state index is -0.336. The summed E-state index contributed by atoms with van der Waals surface area (Å²) in [5.74, 6) is 0.863. The Morgan fingerprint density at radius 2 is 1.15 bits per heavy atom. The minimum absolute atomic E-state index is 0. The van der Waals surface area contributed by atoms with E-state index in [1.165, 1.54) is 27.1 Å². The SMILES string of the molecule is CP(C)c1cccc(C(=C(c2[c-]c(N3[CH-]N(c4ccccc4)c4ccccc43)ccc2)c2[c-]c3c(cc2)c2ccccc2n3-c2ccccn2)c2cccc(P(C)C)c2)c1.[Pt]. The fourth-order valence-electron chi connectivity index (χ4n) is 8.35. The molecular weight excluding hydrogens is 962 g/mol. The Morgan fingerprint density at radius 3 is 1.84 bits per heavy atom. The quantitative estimate of drug-likeness (QED) is 0.0818. The summed E-state index contributed by atoms with van der Waals surface area (Å²) in [5, 5.41) is 5.03. The number of anilines is 4. The zero-order valence-electron chi connectivity index (χ0n) is 34.4. The number of rotatable bonds is 9. The third-order valence-electron chi connectivity index (χ3n) is 11.3. The van der Waals surface area contributed by atoms with Crippen LogP contribution in [-0.2, 0) is 21.1 Å². The molecule has 0 spiro atoms. The Bertz CT molecular complexity index is 2990. The van der Waals surface area contributed by atoms with Gasteiger partial charge < -0.3 is 14.4 Å². The Hall–Kier alpha value is -5.62. The van der Waals surface area contributed by atoms with Crippen molar-refractivity contribution in [3.8, 4) is 5.82 Å². The van der Waals surface area contributed by atoms with Crippen LogP contribution in [0.3, 0.4) is 0 Å². The van der Waals surface area contributed by atoms with Gasteiger partial charge in [-0.2, -0.15) is 0 Å². The molecule has 0 atom stereocenters. The molecule has 61 heavy (non-hydrogen) atoms. The van der Waals surface area contributed by atoms with Gasteiger partial charge in [0.05, 0.1) is 0 Å². The maximum absolute atomic E-state index is 4.85. The fourth-order valence-corrected chi connectivity index (χ4v) is 9.92. The molecule has 0 N–H and O–H groups in total. The van der Waals surface area contributed by atoms with E-state index in [1.54, 1.807) is 0 Å². The van der Waals surface area contributed by atoms with Gasteiger partial charge in [0.1, 0.15) is 5.82 Å². The second-order valence-corrected chi connectivity index (χ2v) is 20.1. The Kier molecular flexibility index (Phi) is 11.6. The van der Waals surface area contributed by atoms with Crippen molar-refractivity contribution in [1.82, 2.24) is 9.55 Å². The van der Waals surface area contributed by atoms with E-state index in [1.807, 2.05) is 12.3 Å². The average molecular weight is 1000 g/mol. The Morgan fingerprint density at radius 1 is 0.525 bits per heavy atom. The van der Waals surface area contributed by atoms with Gasteiger partial charge in [-0.25, -0.2) is 4.98 Å². The van der Waals surface area contributed by atoms with Crippen LogP contribution in [0.1, 0.15) is 22.3 Å². The maximum atomic E-state index is 4.85. The number of para-hydroxylation sites is 4. The van der Waals surface area contributed by atoms with E-state index >= 15 is 0 Å². The van der Waals surface area contributed by atoms with Crippen molar-refractivity contribution in [2.24, 2.45) is 0 Å². The van der Waals surface area contributed by atoms with Crippen LogP contribution in [0.5, 0.6) is 0 Å². The summed E-state index contributed by atoms with van der Waals surface area (Å²) in [6, 6.07) is 71.3. The van der Waals surface area contributed by atoms with E-state index in [0.717, 1.165) is 67.3 Å². The summed E-state index contributed by atoms with van der Waals surface area (Å²) in [7, 11) is -0.671. The molecule has 0 saturated carbocycles. The molecule has 0 unspecified atom stereocenters. The van der Waals surface area contributed by atoms with E-state index in [0.29, 0.717) is 0 Å². The molecule has 3 heterocycles. The van der Waals surface area contributed by atoms with Crippen LogP contribution in [0.25, 0.3) is 38.8 Å². The molecule has 0 amide bonds. The van der Waals surface area contributed by atoms with Gasteiger partial charge in [-0.05, 0) is 119 Å². The van der Waals surface area contributed by atoms with Gasteiger partial charge in [0.2, 0.25) is 0 Å². The first-order valence-corrected chi connectivity index (χ1v) is 24.7. The summed E-state index contributed by atoms with van der Waals surface area (Å²) in [4.78, 5) is 9.38. The maximum Gasteiger partial charge on any atom is 0.136 e. The third-order valence-corrected chi connectivity index (χ3v) is 13.9. The van der Waals surface area contributed by atoms with E-state index in [2.05, 4.69) is 230 Å². The fraction of sp³-hybridized carbons (Fsp3) is 0.0741. The second-order valence-electron chi connectivity index (χ2n) is 15.4. The molecule has 1 aliphatic heterocycles. The van der Waals surface area contributed by atoms with Gasteiger partial charge >= 0.3 is 0 Å². The average Bonchev–Trinajstić information content (AvgIpc) is 3.85. The smallest absolute Gasteiger partial charge is 0.136 e. The topological polar surface area (TPSA) is 24.3 Å². The van der Waals surface area contributed by atoms with Crippen LogP contribution < -0.4 is 20.4 Å². The monoisotopic (exact) mass is 1000 g/mol. The van der Waals surface area contributed by atoms with Gasteiger partial charge in [0.15, 0.2) is 0 Å². The van der Waals surface area contributed by atoms with Gasteiger partial charge in [-0.1, -0.05) is 118 Å². The minimum Gasteiger partial charge on any atom is -0.488 e. The standard InChI is InChI=1S/C54H43N4P2.Pt/c1-59(2)44-23-15-18-39(34-44)54(40-19-16-24-45(35-40)60(3)4)53(41-30-31-47-46-25-8-9-26-48(46)58(51(47)36-41)52-29-12-13-32-55-52)38-17-14-22-43(33-38)57-37-56(42-20-6-5-7-21-42)49-27-10-11-28-50(49)57;/h5-32,34-35,37H,1-4H3;/q-3;. The Labute approximate surface area is 376 Å². The largest absolute Gasteiger partial charge is 0.488 e. The van der Waals surface area contributed by atoms with Gasteiger partial charge in [-0.15, -0.1) is 65.8 Å². The molecule has 7 heteroatoms. The molecule has 10 rings (SSSR count). The van der Waals surface area contributed by atoms with Crippen LogP contribution >= 0.6 is 15.8 Å². The Balaban J connectivity index is 0.00000476. The third kappa shape index (κ3) is 7.68. The van der Waals surface area contributed by atoms with E-state index < -0.39 is 0 Å². The van der Waals surface area contributed by atoms with E-state index in [9.17, 15) is 0 Å². The molecule has 7 aromatic carbocycles. The van der Waals surface area contributed by atoms with Crippen molar-refractivity contribution in [2.75, 3.05) is 36.5 Å². The van der Waals surface area contributed by atoms with Gasteiger partial charge in [-0.3, -0.25) is 0 Å². The molecule has 0 aliphatic carbocycles. The summed E-state index contributed by atoms with van der Waals surface area (Å²) < 4.78 is 2.25. The summed E-state index contributed by atoms with van der Waals surface area (Å²) in [6.07, 6.45) is 1.86. The molecule has 2 aromatic heterocycles. The van der Waals surface area contributed by atoms with Crippen LogP contribution in [0.2, 0.25) is 0 Å². The summed E-state index contributed by atoms with van der Waals surface area (Å²) in [6.45, 7) is 11.5. The molecule has 0 saturated heterocycles.